The van der Waals surface area contributed by atoms with Crippen LogP contribution in [0.25, 0.3) is 0 Å². The summed E-state index contributed by atoms with van der Waals surface area (Å²) in [6.45, 7) is 12.1. The molecule has 0 aromatic carbocycles. The van der Waals surface area contributed by atoms with Gasteiger partial charge >= 0.3 is 0 Å². The maximum atomic E-state index is 5.53. The topological polar surface area (TPSA) is 39.1 Å². The van der Waals surface area contributed by atoms with Crippen LogP contribution in [-0.4, -0.2) is 23.4 Å². The van der Waals surface area contributed by atoms with Gasteiger partial charge in [0.2, 0.25) is 0 Å². The molecule has 4 heteroatoms. The summed E-state index contributed by atoms with van der Waals surface area (Å²) in [7, 11) is 1.73. The number of nitrogens with zero attached hydrogens (tertiary/aromatic N) is 2. The van der Waals surface area contributed by atoms with Crippen LogP contribution in [0.15, 0.2) is 6.20 Å². The average Bonchev–Trinajstić information content (AvgIpc) is 2.80. The normalized spacial score (nSPS) is 22.6. The summed E-state index contributed by atoms with van der Waals surface area (Å²) in [4.78, 5) is 0. The second kappa shape index (κ2) is 5.16. The van der Waals surface area contributed by atoms with E-state index in [0.29, 0.717) is 23.4 Å². The Balaban J connectivity index is 2.38. The Morgan fingerprint density at radius 3 is 2.58 bits per heavy atom. The van der Waals surface area contributed by atoms with Crippen molar-refractivity contribution in [2.24, 2.45) is 11.3 Å². The lowest BCUT2D eigenvalue weighted by Gasteiger charge is -2.23. The zero-order chi connectivity index (χ0) is 14.2. The number of hydrogen-bond donors (Lipinski definition) is 1. The largest absolute Gasteiger partial charge is 0.493 e. The summed E-state index contributed by atoms with van der Waals surface area (Å²) in [5.41, 5.74) is 1.62. The Morgan fingerprint density at radius 2 is 2.16 bits per heavy atom. The van der Waals surface area contributed by atoms with E-state index in [9.17, 15) is 0 Å². The van der Waals surface area contributed by atoms with E-state index in [0.717, 1.165) is 12.3 Å². The molecule has 0 radical (unpaired) electrons. The molecule has 1 aliphatic carbocycles. The Morgan fingerprint density at radius 1 is 1.53 bits per heavy atom. The van der Waals surface area contributed by atoms with Gasteiger partial charge in [-0.15, -0.1) is 0 Å². The molecule has 1 N–H and O–H groups in total. The van der Waals surface area contributed by atoms with Crippen molar-refractivity contribution in [2.45, 2.75) is 53.1 Å². The van der Waals surface area contributed by atoms with Crippen LogP contribution in [0.2, 0.25) is 0 Å². The molecular weight excluding hydrogens is 238 g/mol. The van der Waals surface area contributed by atoms with Gasteiger partial charge in [0.15, 0.2) is 5.75 Å². The van der Waals surface area contributed by atoms with Gasteiger partial charge in [-0.25, -0.2) is 0 Å². The minimum atomic E-state index is 0.333. The standard InChI is InChI=1S/C15H27N3O/c1-7-16-13(11-8-15(11,4)5)14-12(19-6)9-17-18(14)10(2)3/h9-11,13,16H,7-8H2,1-6H3. The van der Waals surface area contributed by atoms with Crippen molar-refractivity contribution in [3.63, 3.8) is 0 Å². The highest BCUT2D eigenvalue weighted by Crippen LogP contribution is 2.58. The van der Waals surface area contributed by atoms with Crippen molar-refractivity contribution in [3.8, 4) is 5.75 Å². The molecule has 0 amide bonds. The molecule has 108 valence electrons. The molecular formula is C15H27N3O. The van der Waals surface area contributed by atoms with Crippen molar-refractivity contribution in [1.29, 1.82) is 0 Å². The van der Waals surface area contributed by atoms with Crippen LogP contribution in [0.5, 0.6) is 5.75 Å². The summed E-state index contributed by atoms with van der Waals surface area (Å²) in [5, 5.41) is 8.13. The van der Waals surface area contributed by atoms with E-state index in [1.807, 2.05) is 6.20 Å². The van der Waals surface area contributed by atoms with Gasteiger partial charge in [0.1, 0.15) is 0 Å². The van der Waals surface area contributed by atoms with E-state index in [-0.39, 0.29) is 0 Å². The first kappa shape index (κ1) is 14.4. The van der Waals surface area contributed by atoms with Crippen LogP contribution in [0, 0.1) is 11.3 Å². The number of rotatable bonds is 6. The molecule has 1 aliphatic rings. The van der Waals surface area contributed by atoms with E-state index in [4.69, 9.17) is 4.74 Å². The molecule has 0 spiro atoms. The third-order valence-corrected chi connectivity index (χ3v) is 4.22. The molecule has 1 aromatic heterocycles. The van der Waals surface area contributed by atoms with Gasteiger partial charge < -0.3 is 10.1 Å². The van der Waals surface area contributed by atoms with Gasteiger partial charge in [-0.2, -0.15) is 5.10 Å². The van der Waals surface area contributed by atoms with E-state index in [1.165, 1.54) is 12.1 Å². The van der Waals surface area contributed by atoms with Crippen molar-refractivity contribution in [2.75, 3.05) is 13.7 Å². The Labute approximate surface area is 116 Å². The molecule has 1 saturated carbocycles. The second-order valence-electron chi connectivity index (χ2n) is 6.47. The van der Waals surface area contributed by atoms with Crippen LogP contribution in [0.3, 0.4) is 0 Å². The number of hydrogen-bond acceptors (Lipinski definition) is 3. The van der Waals surface area contributed by atoms with Gasteiger partial charge in [0, 0.05) is 6.04 Å². The Bertz CT molecular complexity index is 437. The van der Waals surface area contributed by atoms with E-state index in [1.54, 1.807) is 7.11 Å². The number of methoxy groups -OCH3 is 1. The van der Waals surface area contributed by atoms with Crippen molar-refractivity contribution in [3.05, 3.63) is 11.9 Å². The average molecular weight is 265 g/mol. The maximum Gasteiger partial charge on any atom is 0.161 e. The van der Waals surface area contributed by atoms with E-state index >= 15 is 0 Å². The SMILES string of the molecule is CCNC(c1c(OC)cnn1C(C)C)C1CC1(C)C. The fourth-order valence-electron chi connectivity index (χ4n) is 2.95. The highest BCUT2D eigenvalue weighted by Gasteiger charge is 2.51. The molecule has 2 rings (SSSR count). The molecule has 0 bridgehead atoms. The van der Waals surface area contributed by atoms with Crippen molar-refractivity contribution in [1.82, 2.24) is 15.1 Å². The second-order valence-corrected chi connectivity index (χ2v) is 6.47. The first-order chi connectivity index (χ1) is 8.92. The lowest BCUT2D eigenvalue weighted by Crippen LogP contribution is -2.28. The number of nitrogens with one attached hydrogen (secondary N) is 1. The lowest BCUT2D eigenvalue weighted by molar-refractivity contribution is 0.353. The molecule has 1 aromatic rings. The molecule has 0 aliphatic heterocycles. The monoisotopic (exact) mass is 265 g/mol. The van der Waals surface area contributed by atoms with Crippen LogP contribution in [0.4, 0.5) is 0 Å². The van der Waals surface area contributed by atoms with Crippen LogP contribution < -0.4 is 10.1 Å². The minimum absolute atomic E-state index is 0.333. The lowest BCUT2D eigenvalue weighted by atomic mass is 10.00. The first-order valence-electron chi connectivity index (χ1n) is 7.27. The predicted molar refractivity (Wildman–Crippen MR) is 77.5 cm³/mol. The molecule has 2 unspecified atom stereocenters. The molecule has 1 fully saturated rings. The van der Waals surface area contributed by atoms with Crippen LogP contribution in [-0.2, 0) is 0 Å². The molecule has 4 nitrogen and oxygen atoms in total. The molecule has 19 heavy (non-hydrogen) atoms. The van der Waals surface area contributed by atoms with Gasteiger partial charge in [0.05, 0.1) is 25.0 Å². The van der Waals surface area contributed by atoms with Crippen molar-refractivity contribution < 1.29 is 4.74 Å². The quantitative estimate of drug-likeness (QED) is 0.858. The van der Waals surface area contributed by atoms with Crippen molar-refractivity contribution >= 4 is 0 Å². The fourth-order valence-corrected chi connectivity index (χ4v) is 2.95. The Hall–Kier alpha value is -1.03. The van der Waals surface area contributed by atoms with Crippen LogP contribution >= 0.6 is 0 Å². The van der Waals surface area contributed by atoms with Gasteiger partial charge in [-0.05, 0) is 38.1 Å². The van der Waals surface area contributed by atoms with Gasteiger partial charge in [-0.3, -0.25) is 4.68 Å². The summed E-state index contributed by atoms with van der Waals surface area (Å²) in [6, 6.07) is 0.682. The third-order valence-electron chi connectivity index (χ3n) is 4.22. The molecule has 0 saturated heterocycles. The Kier molecular flexibility index (Phi) is 3.90. The summed E-state index contributed by atoms with van der Waals surface area (Å²) >= 11 is 0. The zero-order valence-electron chi connectivity index (χ0n) is 13.0. The number of aromatic nitrogens is 2. The summed E-state index contributed by atoms with van der Waals surface area (Å²) in [6.07, 6.45) is 3.10. The molecule has 1 heterocycles. The predicted octanol–water partition coefficient (Wildman–Crippen LogP) is 3.17. The smallest absolute Gasteiger partial charge is 0.161 e. The van der Waals surface area contributed by atoms with Gasteiger partial charge in [-0.1, -0.05) is 20.8 Å². The number of ether oxygens (including phenoxy) is 1. The van der Waals surface area contributed by atoms with E-state index in [2.05, 4.69) is 49.7 Å². The fraction of sp³-hybridized carbons (Fsp3) is 0.800. The van der Waals surface area contributed by atoms with Crippen LogP contribution in [0.1, 0.15) is 58.8 Å². The highest BCUT2D eigenvalue weighted by molar-refractivity contribution is 5.31. The van der Waals surface area contributed by atoms with Gasteiger partial charge in [0.25, 0.3) is 0 Å². The highest BCUT2D eigenvalue weighted by atomic mass is 16.5. The third kappa shape index (κ3) is 2.64. The summed E-state index contributed by atoms with van der Waals surface area (Å²) < 4.78 is 7.62. The zero-order valence-corrected chi connectivity index (χ0v) is 13.0. The van der Waals surface area contributed by atoms with E-state index < -0.39 is 0 Å². The minimum Gasteiger partial charge on any atom is -0.493 e. The first-order valence-corrected chi connectivity index (χ1v) is 7.27. The summed E-state index contributed by atoms with van der Waals surface area (Å²) in [5.74, 6) is 1.57. The maximum absolute atomic E-state index is 5.53. The molecule has 2 atom stereocenters.